The number of benzene rings is 2. The second kappa shape index (κ2) is 18.9. The fourth-order valence-corrected chi connectivity index (χ4v) is 7.62. The van der Waals surface area contributed by atoms with Gasteiger partial charge in [0.05, 0.1) is 6.54 Å². The maximum Gasteiger partial charge on any atom is 0.407 e. The van der Waals surface area contributed by atoms with Crippen LogP contribution in [-0.2, 0) is 33.4 Å². The highest BCUT2D eigenvalue weighted by molar-refractivity contribution is 7.99. The van der Waals surface area contributed by atoms with Crippen LogP contribution in [0.5, 0.6) is 0 Å². The first kappa shape index (κ1) is 41.2. The van der Waals surface area contributed by atoms with Crippen LogP contribution in [0.1, 0.15) is 83.8 Å². The first-order valence-electron chi connectivity index (χ1n) is 18.2. The molecular weight excluding hydrogens is 699 g/mol. The van der Waals surface area contributed by atoms with Gasteiger partial charge < -0.3 is 36.1 Å². The molecule has 2 aromatic rings. The van der Waals surface area contributed by atoms with Gasteiger partial charge in [-0.05, 0) is 80.4 Å². The number of ether oxygens (including phenoxy) is 2. The van der Waals surface area contributed by atoms with Crippen LogP contribution >= 0.6 is 11.8 Å². The fourth-order valence-electron chi connectivity index (χ4n) is 6.64. The van der Waals surface area contributed by atoms with E-state index in [-0.39, 0.29) is 49.7 Å². The van der Waals surface area contributed by atoms with Gasteiger partial charge in [-0.1, -0.05) is 62.4 Å². The Labute approximate surface area is 315 Å². The summed E-state index contributed by atoms with van der Waals surface area (Å²) >= 11 is 1.40. The number of amides is 5. The Morgan fingerprint density at radius 3 is 2.19 bits per heavy atom. The van der Waals surface area contributed by atoms with Gasteiger partial charge in [-0.15, -0.1) is 0 Å². The summed E-state index contributed by atoms with van der Waals surface area (Å²) in [5.41, 5.74) is 8.89. The summed E-state index contributed by atoms with van der Waals surface area (Å²) in [6.45, 7) is 9.20. The third-order valence-electron chi connectivity index (χ3n) is 8.92. The number of primary amides is 1. The zero-order valence-corrected chi connectivity index (χ0v) is 32.1. The van der Waals surface area contributed by atoms with Gasteiger partial charge in [0.2, 0.25) is 23.6 Å². The summed E-state index contributed by atoms with van der Waals surface area (Å²) in [5.74, 6) is -1.95. The number of likely N-dealkylation sites (tertiary alicyclic amines) is 1. The Morgan fingerprint density at radius 2 is 1.58 bits per heavy atom. The van der Waals surface area contributed by atoms with Crippen LogP contribution in [0.15, 0.2) is 48.5 Å². The van der Waals surface area contributed by atoms with E-state index in [2.05, 4.69) is 16.0 Å². The largest absolute Gasteiger partial charge is 0.460 e. The van der Waals surface area contributed by atoms with Gasteiger partial charge in [0.15, 0.2) is 0 Å². The summed E-state index contributed by atoms with van der Waals surface area (Å²) in [6.07, 6.45) is 1.19. The molecule has 5 N–H and O–H groups in total. The molecule has 0 bridgehead atoms. The number of carbonyl (C=O) groups is 6. The van der Waals surface area contributed by atoms with Crippen molar-refractivity contribution in [3.05, 3.63) is 59.7 Å². The van der Waals surface area contributed by atoms with Crippen molar-refractivity contribution in [3.63, 3.8) is 0 Å². The van der Waals surface area contributed by atoms with Crippen molar-refractivity contribution in [2.24, 2.45) is 11.7 Å². The molecule has 1 heterocycles. The van der Waals surface area contributed by atoms with E-state index in [1.54, 1.807) is 20.8 Å². The standard InChI is InChI=1S/C39H53N5O8S/c1-24(2)20-30(35(47)41-21-33(40)45)42-36(48)32-16-10-18-44(32)37(49)31(23-53-19-11-17-34(46)52-39(3,4)5)43-38(50)51-22-29-27-14-8-6-12-25(27)26-13-7-9-15-28(26)29/h6-9,12-15,24,29-32H,10-11,16-23H2,1-5H3,(H2,40,45)(H,41,47)(H,42,48)(H,43,50)/t30-,31?,32?/m0/s1. The van der Waals surface area contributed by atoms with Gasteiger partial charge in [-0.2, -0.15) is 11.8 Å². The van der Waals surface area contributed by atoms with E-state index in [0.717, 1.165) is 22.3 Å². The number of nitrogens with zero attached hydrogens (tertiary/aromatic N) is 1. The van der Waals surface area contributed by atoms with E-state index in [1.807, 2.05) is 62.4 Å². The number of hydrogen-bond donors (Lipinski definition) is 4. The minimum absolute atomic E-state index is 0.0408. The minimum atomic E-state index is -1.03. The van der Waals surface area contributed by atoms with E-state index in [4.69, 9.17) is 15.2 Å². The van der Waals surface area contributed by atoms with E-state index in [1.165, 1.54) is 16.7 Å². The molecule has 2 aromatic carbocycles. The van der Waals surface area contributed by atoms with Crippen LogP contribution in [0.4, 0.5) is 4.79 Å². The molecule has 14 heteroatoms. The van der Waals surface area contributed by atoms with Crippen LogP contribution in [0, 0.1) is 5.92 Å². The molecular formula is C39H53N5O8S. The molecule has 0 radical (unpaired) electrons. The van der Waals surface area contributed by atoms with Crippen molar-refractivity contribution < 1.29 is 38.2 Å². The van der Waals surface area contributed by atoms with Crippen molar-refractivity contribution in [3.8, 4) is 11.1 Å². The Hall–Kier alpha value is -4.59. The molecule has 53 heavy (non-hydrogen) atoms. The van der Waals surface area contributed by atoms with Crippen molar-refractivity contribution in [2.45, 2.75) is 96.4 Å². The van der Waals surface area contributed by atoms with Crippen molar-refractivity contribution >= 4 is 47.5 Å². The molecule has 3 atom stereocenters. The third kappa shape index (κ3) is 12.0. The molecule has 13 nitrogen and oxygen atoms in total. The Morgan fingerprint density at radius 1 is 0.943 bits per heavy atom. The molecule has 1 aliphatic carbocycles. The number of nitrogens with two attached hydrogens (primary N) is 1. The number of thioether (sulfide) groups is 1. The molecule has 0 spiro atoms. The summed E-state index contributed by atoms with van der Waals surface area (Å²) in [4.78, 5) is 78.9. The summed E-state index contributed by atoms with van der Waals surface area (Å²) in [7, 11) is 0. The van der Waals surface area contributed by atoms with Crippen molar-refractivity contribution in [2.75, 3.05) is 31.2 Å². The predicted molar refractivity (Wildman–Crippen MR) is 203 cm³/mol. The zero-order chi connectivity index (χ0) is 38.7. The van der Waals surface area contributed by atoms with Crippen LogP contribution in [0.3, 0.4) is 0 Å². The normalized spacial score (nSPS) is 16.3. The van der Waals surface area contributed by atoms with Gasteiger partial charge >= 0.3 is 12.1 Å². The first-order chi connectivity index (χ1) is 25.1. The number of fused-ring (bicyclic) bond motifs is 3. The molecule has 2 aliphatic rings. The maximum atomic E-state index is 14.1. The number of hydrogen-bond acceptors (Lipinski definition) is 9. The van der Waals surface area contributed by atoms with Crippen molar-refractivity contribution in [1.29, 1.82) is 0 Å². The molecule has 1 saturated heterocycles. The number of rotatable bonds is 17. The van der Waals surface area contributed by atoms with E-state index in [0.29, 0.717) is 31.4 Å². The Balaban J connectivity index is 1.44. The van der Waals surface area contributed by atoms with Crippen LogP contribution < -0.4 is 21.7 Å². The fraction of sp³-hybridized carbons (Fsp3) is 0.538. The van der Waals surface area contributed by atoms with Gasteiger partial charge in [-0.3, -0.25) is 24.0 Å². The average molecular weight is 752 g/mol. The van der Waals surface area contributed by atoms with E-state index >= 15 is 0 Å². The van der Waals surface area contributed by atoms with Gasteiger partial charge in [0, 0.05) is 24.6 Å². The highest BCUT2D eigenvalue weighted by Gasteiger charge is 2.39. The molecule has 1 fully saturated rings. The second-order valence-corrected chi connectivity index (χ2v) is 16.0. The summed E-state index contributed by atoms with van der Waals surface area (Å²) in [6, 6.07) is 13.1. The van der Waals surface area contributed by atoms with Crippen LogP contribution in [0.2, 0.25) is 0 Å². The SMILES string of the molecule is CC(C)C[C@H](NC(=O)C1CCCN1C(=O)C(CSCCCC(=O)OC(C)(C)C)NC(=O)OCC1c2ccccc2-c2ccccc21)C(=O)NCC(N)=O. The lowest BCUT2D eigenvalue weighted by molar-refractivity contribution is -0.154. The van der Waals surface area contributed by atoms with E-state index < -0.39 is 53.4 Å². The zero-order valence-electron chi connectivity index (χ0n) is 31.3. The Kier molecular flexibility index (Phi) is 14.7. The van der Waals surface area contributed by atoms with Gasteiger partial charge in [0.25, 0.3) is 0 Å². The third-order valence-corrected chi connectivity index (χ3v) is 10.1. The monoisotopic (exact) mass is 751 g/mol. The van der Waals surface area contributed by atoms with Gasteiger partial charge in [-0.25, -0.2) is 4.79 Å². The summed E-state index contributed by atoms with van der Waals surface area (Å²) < 4.78 is 11.2. The second-order valence-electron chi connectivity index (χ2n) is 14.9. The van der Waals surface area contributed by atoms with E-state index in [9.17, 15) is 28.8 Å². The number of alkyl carbamates (subject to hydrolysis) is 1. The van der Waals surface area contributed by atoms with Gasteiger partial charge in [0.1, 0.15) is 30.3 Å². The van der Waals surface area contributed by atoms with Crippen LogP contribution in [0.25, 0.3) is 11.1 Å². The average Bonchev–Trinajstić information content (AvgIpc) is 3.71. The number of carbonyl (C=O) groups excluding carboxylic acids is 6. The topological polar surface area (TPSA) is 186 Å². The minimum Gasteiger partial charge on any atom is -0.460 e. The molecule has 1 aliphatic heterocycles. The highest BCUT2D eigenvalue weighted by atomic mass is 32.2. The molecule has 0 aromatic heterocycles. The molecule has 2 unspecified atom stereocenters. The molecule has 288 valence electrons. The number of nitrogens with one attached hydrogen (secondary N) is 3. The smallest absolute Gasteiger partial charge is 0.407 e. The lowest BCUT2D eigenvalue weighted by Gasteiger charge is -2.30. The maximum absolute atomic E-state index is 14.1. The summed E-state index contributed by atoms with van der Waals surface area (Å²) in [5, 5.41) is 7.99. The van der Waals surface area contributed by atoms with Crippen LogP contribution in [-0.4, -0.2) is 95.5 Å². The van der Waals surface area contributed by atoms with Crippen molar-refractivity contribution in [1.82, 2.24) is 20.9 Å². The molecule has 0 saturated carbocycles. The predicted octanol–water partition coefficient (Wildman–Crippen LogP) is 3.87. The quantitative estimate of drug-likeness (QED) is 0.138. The first-order valence-corrected chi connectivity index (χ1v) is 19.4. The number of esters is 1. The lowest BCUT2D eigenvalue weighted by Crippen LogP contribution is -2.57. The lowest BCUT2D eigenvalue weighted by atomic mass is 9.98. The molecule has 4 rings (SSSR count). The highest BCUT2D eigenvalue weighted by Crippen LogP contribution is 2.44. The Bertz CT molecular complexity index is 1600. The molecule has 5 amide bonds.